The predicted octanol–water partition coefficient (Wildman–Crippen LogP) is 7.29. The number of nitrogens with zero attached hydrogens (tertiary/aromatic N) is 2. The lowest BCUT2D eigenvalue weighted by molar-refractivity contribution is 0.131. The Morgan fingerprint density at radius 1 is 0.903 bits per heavy atom. The lowest BCUT2D eigenvalue weighted by atomic mass is 10.1. The molecule has 4 aromatic rings. The Hall–Kier alpha value is -2.98. The van der Waals surface area contributed by atoms with Crippen molar-refractivity contribution in [2.75, 3.05) is 0 Å². The average molecular weight is 435 g/mol. The number of hydrogen-bond donors (Lipinski definition) is 0. The number of aromatic nitrogens is 2. The van der Waals surface area contributed by atoms with Crippen LogP contribution in [0, 0.1) is 0 Å². The fourth-order valence-corrected chi connectivity index (χ4v) is 3.71. The van der Waals surface area contributed by atoms with Crippen molar-refractivity contribution in [2.45, 2.75) is 46.3 Å². The molecule has 0 saturated carbocycles. The molecule has 2 aromatic carbocycles. The van der Waals surface area contributed by atoms with Crippen LogP contribution >= 0.6 is 11.6 Å². The minimum Gasteiger partial charge on any atom is -0.491 e. The summed E-state index contributed by atoms with van der Waals surface area (Å²) in [5.74, 6) is 1.69. The van der Waals surface area contributed by atoms with Crippen molar-refractivity contribution < 1.29 is 9.47 Å². The first-order valence-electron chi connectivity index (χ1n) is 10.4. The molecule has 0 aliphatic carbocycles. The molecule has 0 saturated heterocycles. The normalized spacial score (nSPS) is 11.8. The summed E-state index contributed by atoms with van der Waals surface area (Å²) in [7, 11) is 0. The summed E-state index contributed by atoms with van der Waals surface area (Å²) < 4.78 is 13.8. The Balaban J connectivity index is 1.69. The lowest BCUT2D eigenvalue weighted by Crippen LogP contribution is -2.22. The van der Waals surface area contributed by atoms with Crippen molar-refractivity contribution in [3.8, 4) is 33.9 Å². The van der Waals surface area contributed by atoms with Gasteiger partial charge in [0, 0.05) is 23.4 Å². The third-order valence-corrected chi connectivity index (χ3v) is 5.02. The first kappa shape index (κ1) is 21.3. The van der Waals surface area contributed by atoms with E-state index in [-0.39, 0.29) is 11.7 Å². The molecule has 0 N–H and O–H groups in total. The molecule has 0 spiro atoms. The Morgan fingerprint density at radius 3 is 2.13 bits per heavy atom. The molecule has 2 aromatic heterocycles. The number of fused-ring (bicyclic) bond motifs is 1. The van der Waals surface area contributed by atoms with Gasteiger partial charge in [-0.3, -0.25) is 4.40 Å². The van der Waals surface area contributed by atoms with Crippen LogP contribution in [0.3, 0.4) is 0 Å². The molecule has 31 heavy (non-hydrogen) atoms. The van der Waals surface area contributed by atoms with Crippen LogP contribution in [0.2, 0.25) is 5.02 Å². The van der Waals surface area contributed by atoms with Crippen molar-refractivity contribution in [3.63, 3.8) is 0 Å². The van der Waals surface area contributed by atoms with Gasteiger partial charge in [-0.05, 0) is 76.6 Å². The highest BCUT2D eigenvalue weighted by molar-refractivity contribution is 6.33. The summed E-state index contributed by atoms with van der Waals surface area (Å²) in [5, 5.41) is 0.663. The largest absolute Gasteiger partial charge is 0.491 e. The standard InChI is InChI=1S/C26H27ClN2O2/c1-17(2)30-20-10-6-18(7-11-20)22-16-29-24(15-28-25(29)14-23(22)27)19-8-12-21(13-9-19)31-26(3,4)5/h6-17H,1-5H3. The summed E-state index contributed by atoms with van der Waals surface area (Å²) in [6.07, 6.45) is 4.05. The van der Waals surface area contributed by atoms with Gasteiger partial charge < -0.3 is 9.47 Å². The number of ether oxygens (including phenoxy) is 2. The van der Waals surface area contributed by atoms with Crippen molar-refractivity contribution in [2.24, 2.45) is 0 Å². The zero-order valence-corrected chi connectivity index (χ0v) is 19.3. The first-order valence-corrected chi connectivity index (χ1v) is 10.8. The van der Waals surface area contributed by atoms with E-state index in [1.807, 2.05) is 89.5 Å². The number of pyridine rings is 1. The molecule has 160 valence electrons. The van der Waals surface area contributed by atoms with Gasteiger partial charge in [-0.25, -0.2) is 4.98 Å². The molecule has 0 aliphatic rings. The van der Waals surface area contributed by atoms with Crippen molar-refractivity contribution >= 4 is 17.2 Å². The molecular formula is C26H27ClN2O2. The second-order valence-corrected chi connectivity index (χ2v) is 9.24. The SMILES string of the molecule is CC(C)Oc1ccc(-c2cn3c(-c4ccc(OC(C)(C)C)cc4)cnc3cc2Cl)cc1. The van der Waals surface area contributed by atoms with Gasteiger partial charge >= 0.3 is 0 Å². The van der Waals surface area contributed by atoms with Crippen LogP contribution in [0.1, 0.15) is 34.6 Å². The van der Waals surface area contributed by atoms with E-state index in [4.69, 9.17) is 21.1 Å². The molecule has 0 atom stereocenters. The Bertz CT molecular complexity index is 1190. The van der Waals surface area contributed by atoms with Gasteiger partial charge in [0.15, 0.2) is 0 Å². The van der Waals surface area contributed by atoms with Gasteiger partial charge in [0.2, 0.25) is 0 Å². The van der Waals surface area contributed by atoms with Crippen LogP contribution in [0.25, 0.3) is 28.0 Å². The van der Waals surface area contributed by atoms with E-state index in [1.54, 1.807) is 0 Å². The predicted molar refractivity (Wildman–Crippen MR) is 127 cm³/mol. The molecule has 0 bridgehead atoms. The molecule has 0 aliphatic heterocycles. The maximum atomic E-state index is 6.60. The molecule has 4 rings (SSSR count). The molecule has 5 heteroatoms. The van der Waals surface area contributed by atoms with Crippen molar-refractivity contribution in [1.82, 2.24) is 9.38 Å². The Kier molecular flexibility index (Phi) is 5.67. The van der Waals surface area contributed by atoms with E-state index in [0.717, 1.165) is 39.5 Å². The van der Waals surface area contributed by atoms with E-state index >= 15 is 0 Å². The number of hydrogen-bond acceptors (Lipinski definition) is 3. The van der Waals surface area contributed by atoms with Crippen LogP contribution in [0.15, 0.2) is 67.0 Å². The summed E-state index contributed by atoms with van der Waals surface area (Å²) in [6.45, 7) is 10.1. The maximum absolute atomic E-state index is 6.60. The van der Waals surface area contributed by atoms with E-state index in [9.17, 15) is 0 Å². The average Bonchev–Trinajstić information content (AvgIpc) is 3.09. The molecule has 0 unspecified atom stereocenters. The van der Waals surface area contributed by atoms with Crippen LogP contribution in [-0.2, 0) is 0 Å². The van der Waals surface area contributed by atoms with Crippen LogP contribution in [-0.4, -0.2) is 21.1 Å². The van der Waals surface area contributed by atoms with E-state index < -0.39 is 0 Å². The van der Waals surface area contributed by atoms with Gasteiger partial charge in [-0.1, -0.05) is 23.7 Å². The highest BCUT2D eigenvalue weighted by Crippen LogP contribution is 2.33. The third-order valence-electron chi connectivity index (χ3n) is 4.71. The minimum atomic E-state index is -0.230. The van der Waals surface area contributed by atoms with Gasteiger partial charge in [0.1, 0.15) is 22.7 Å². The molecule has 0 fully saturated rings. The third kappa shape index (κ3) is 4.86. The zero-order chi connectivity index (χ0) is 22.2. The second-order valence-electron chi connectivity index (χ2n) is 8.84. The second kappa shape index (κ2) is 8.27. The summed E-state index contributed by atoms with van der Waals surface area (Å²) in [5.41, 5.74) is 4.59. The van der Waals surface area contributed by atoms with Gasteiger partial charge in [0.05, 0.1) is 23.0 Å². The quantitative estimate of drug-likeness (QED) is 0.331. The summed E-state index contributed by atoms with van der Waals surface area (Å²) >= 11 is 6.60. The molecule has 4 nitrogen and oxygen atoms in total. The van der Waals surface area contributed by atoms with Gasteiger partial charge in [-0.2, -0.15) is 0 Å². The van der Waals surface area contributed by atoms with Crippen molar-refractivity contribution in [1.29, 1.82) is 0 Å². The molecule has 0 radical (unpaired) electrons. The topological polar surface area (TPSA) is 35.8 Å². The minimum absolute atomic E-state index is 0.138. The lowest BCUT2D eigenvalue weighted by Gasteiger charge is -2.21. The van der Waals surface area contributed by atoms with E-state index in [2.05, 4.69) is 21.5 Å². The number of halogens is 1. The fourth-order valence-electron chi connectivity index (χ4n) is 3.46. The van der Waals surface area contributed by atoms with E-state index in [1.165, 1.54) is 0 Å². The summed E-state index contributed by atoms with van der Waals surface area (Å²) in [4.78, 5) is 4.55. The van der Waals surface area contributed by atoms with Crippen LogP contribution < -0.4 is 9.47 Å². The number of benzene rings is 2. The van der Waals surface area contributed by atoms with Gasteiger partial charge in [-0.15, -0.1) is 0 Å². The maximum Gasteiger partial charge on any atom is 0.138 e. The highest BCUT2D eigenvalue weighted by Gasteiger charge is 2.14. The Morgan fingerprint density at radius 2 is 1.52 bits per heavy atom. The zero-order valence-electron chi connectivity index (χ0n) is 18.5. The Labute approximate surface area is 188 Å². The number of rotatable bonds is 5. The van der Waals surface area contributed by atoms with E-state index in [0.29, 0.717) is 5.02 Å². The number of imidazole rings is 1. The fraction of sp³-hybridized carbons (Fsp3) is 0.269. The smallest absolute Gasteiger partial charge is 0.138 e. The monoisotopic (exact) mass is 434 g/mol. The highest BCUT2D eigenvalue weighted by atomic mass is 35.5. The van der Waals surface area contributed by atoms with Crippen LogP contribution in [0.4, 0.5) is 0 Å². The molecule has 2 heterocycles. The van der Waals surface area contributed by atoms with Crippen molar-refractivity contribution in [3.05, 3.63) is 72.0 Å². The summed E-state index contributed by atoms with van der Waals surface area (Å²) in [6, 6.07) is 18.0. The van der Waals surface area contributed by atoms with Gasteiger partial charge in [0.25, 0.3) is 0 Å². The molecular weight excluding hydrogens is 408 g/mol. The molecule has 0 amide bonds. The van der Waals surface area contributed by atoms with Crippen LogP contribution in [0.5, 0.6) is 11.5 Å². The first-order chi connectivity index (χ1) is 14.7.